The lowest BCUT2D eigenvalue weighted by atomic mass is 10.2. The van der Waals surface area contributed by atoms with Crippen LogP contribution >= 0.6 is 24.0 Å². The molecule has 1 heterocycles. The number of pyridine rings is 1. The zero-order valence-electron chi connectivity index (χ0n) is 22.3. The van der Waals surface area contributed by atoms with E-state index in [9.17, 15) is 4.79 Å². The van der Waals surface area contributed by atoms with Crippen molar-refractivity contribution in [2.75, 3.05) is 44.8 Å². The summed E-state index contributed by atoms with van der Waals surface area (Å²) in [6, 6.07) is 10.8. The number of nitrogens with one attached hydrogen (secondary N) is 2. The van der Waals surface area contributed by atoms with Gasteiger partial charge in [-0.1, -0.05) is 23.1 Å². The molecule has 0 amide bonds. The van der Waals surface area contributed by atoms with Crippen LogP contribution < -0.4 is 32.3 Å². The molecule has 13 nitrogen and oxygen atoms in total. The van der Waals surface area contributed by atoms with Gasteiger partial charge in [0, 0.05) is 35.2 Å². The number of benzene rings is 1. The summed E-state index contributed by atoms with van der Waals surface area (Å²) in [5, 5.41) is 18.6. The molecule has 0 radical (unpaired) electrons. The molecule has 0 saturated carbocycles. The summed E-state index contributed by atoms with van der Waals surface area (Å²) in [6.07, 6.45) is 8.27. The highest BCUT2D eigenvalue weighted by atomic mass is 35.5. The van der Waals surface area contributed by atoms with Gasteiger partial charge >= 0.3 is 6.16 Å². The number of aliphatic imine (C=N–C) groups is 1. The number of rotatable bonds is 17. The summed E-state index contributed by atoms with van der Waals surface area (Å²) in [7, 11) is 0. The van der Waals surface area contributed by atoms with Crippen molar-refractivity contribution in [1.82, 2.24) is 5.32 Å². The molecule has 1 aromatic heterocycles. The highest BCUT2D eigenvalue weighted by molar-refractivity contribution is 6.30. The molecule has 2 aromatic rings. The molecule has 224 valence electrons. The fraction of sp³-hybridized carbons (Fsp3) is 0.440. The molecule has 0 aliphatic carbocycles. The maximum Gasteiger partial charge on any atom is 0.513 e. The quantitative estimate of drug-likeness (QED) is 0.0255. The van der Waals surface area contributed by atoms with E-state index in [2.05, 4.69) is 25.7 Å². The Hall–Kier alpha value is -3.66. The number of nitriles is 1. The lowest BCUT2D eigenvalue weighted by Crippen LogP contribution is -3.00. The average Bonchev–Trinajstić information content (AvgIpc) is 2.94. The van der Waals surface area contributed by atoms with E-state index in [0.29, 0.717) is 29.8 Å². The van der Waals surface area contributed by atoms with E-state index in [1.807, 2.05) is 18.3 Å². The molecule has 1 aromatic carbocycles. The van der Waals surface area contributed by atoms with Gasteiger partial charge in [0.15, 0.2) is 18.6 Å². The number of halogens is 3. The van der Waals surface area contributed by atoms with E-state index >= 15 is 0 Å². The molecule has 2 rings (SSSR count). The molecule has 41 heavy (non-hydrogen) atoms. The third-order valence-electron chi connectivity index (χ3n) is 4.91. The van der Waals surface area contributed by atoms with Gasteiger partial charge in [-0.3, -0.25) is 10.3 Å². The predicted molar refractivity (Wildman–Crippen MR) is 151 cm³/mol. The largest absolute Gasteiger partial charge is 1.00 e. The molecule has 0 atom stereocenters. The Morgan fingerprint density at radius 1 is 1.00 bits per heavy atom. The van der Waals surface area contributed by atoms with Crippen LogP contribution in [-0.2, 0) is 20.9 Å². The van der Waals surface area contributed by atoms with Crippen molar-refractivity contribution in [1.29, 1.82) is 5.26 Å². The third-order valence-corrected chi connectivity index (χ3v) is 5.16. The number of hydrogen-bond acceptors (Lipinski definition) is 8. The Morgan fingerprint density at radius 2 is 1.73 bits per heavy atom. The summed E-state index contributed by atoms with van der Waals surface area (Å²) in [6.45, 7) is 1.82. The van der Waals surface area contributed by atoms with E-state index in [1.54, 1.807) is 41.2 Å². The molecular weight excluding hydrogens is 599 g/mol. The van der Waals surface area contributed by atoms with E-state index < -0.39 is 6.16 Å². The Balaban J connectivity index is 0.00000800. The van der Waals surface area contributed by atoms with Crippen molar-refractivity contribution in [3.05, 3.63) is 64.3 Å². The second-order valence-corrected chi connectivity index (χ2v) is 8.28. The summed E-state index contributed by atoms with van der Waals surface area (Å²) in [5.41, 5.74) is 8.86. The fourth-order valence-corrected chi connectivity index (χ4v) is 3.14. The number of aromatic nitrogens is 1. The van der Waals surface area contributed by atoms with Gasteiger partial charge in [-0.2, -0.15) is 9.83 Å². The second kappa shape index (κ2) is 24.2. The van der Waals surface area contributed by atoms with Gasteiger partial charge in [0.05, 0.1) is 25.5 Å². The molecule has 16 heteroatoms. The number of unbranched alkanes of at least 4 members (excludes halogenated alkanes) is 3. The van der Waals surface area contributed by atoms with Gasteiger partial charge in [0.1, 0.15) is 12.4 Å². The van der Waals surface area contributed by atoms with Crippen molar-refractivity contribution in [3.8, 4) is 11.9 Å². The van der Waals surface area contributed by atoms with Crippen LogP contribution in [0, 0.1) is 11.5 Å². The molecule has 0 aliphatic rings. The highest BCUT2D eigenvalue weighted by Gasteiger charge is 2.09. The maximum atomic E-state index is 11.6. The number of azide groups is 1. The van der Waals surface area contributed by atoms with Crippen molar-refractivity contribution in [2.24, 2.45) is 10.1 Å². The van der Waals surface area contributed by atoms with Crippen LogP contribution in [-0.4, -0.2) is 51.6 Å². The van der Waals surface area contributed by atoms with Crippen LogP contribution in [0.4, 0.5) is 10.5 Å². The smallest absolute Gasteiger partial charge is 0.513 e. The fourth-order valence-electron chi connectivity index (χ4n) is 3.01. The first-order chi connectivity index (χ1) is 19.1. The third kappa shape index (κ3) is 18.3. The molecule has 0 spiro atoms. The number of ether oxygens (including phenoxy) is 4. The monoisotopic (exact) mass is 630 g/mol. The Labute approximate surface area is 256 Å². The predicted octanol–water partition coefficient (Wildman–Crippen LogP) is 1.97. The minimum atomic E-state index is -0.829. The van der Waals surface area contributed by atoms with Crippen LogP contribution in [0.3, 0.4) is 0 Å². The number of guanidine groups is 1. The molecule has 0 unspecified atom stereocenters. The summed E-state index contributed by atoms with van der Waals surface area (Å²) < 4.78 is 22.4. The van der Waals surface area contributed by atoms with Crippen LogP contribution in [0.25, 0.3) is 10.4 Å². The van der Waals surface area contributed by atoms with Gasteiger partial charge in [-0.25, -0.2) is 4.79 Å². The topological polar surface area (TPSA) is 167 Å². The highest BCUT2D eigenvalue weighted by Crippen LogP contribution is 2.16. The lowest BCUT2D eigenvalue weighted by Gasteiger charge is -2.08. The summed E-state index contributed by atoms with van der Waals surface area (Å²) in [5.74, 6) is 1.16. The Bertz CT molecular complexity index is 1110. The van der Waals surface area contributed by atoms with E-state index in [4.69, 9.17) is 41.3 Å². The first-order valence-electron chi connectivity index (χ1n) is 12.3. The Kier molecular flexibility index (Phi) is 22.0. The molecule has 0 saturated heterocycles. The van der Waals surface area contributed by atoms with Gasteiger partial charge in [0.2, 0.25) is 5.96 Å². The van der Waals surface area contributed by atoms with Gasteiger partial charge < -0.3 is 36.7 Å². The standard InChI is InChI=1S/C25H31ClN8O5.2ClH/c26-21-5-7-23(8-6-21)37-15-4-2-1-3-11-29-24(30-19-27)32-22-9-13-34(14-10-22)20-39-25(35)38-18-17-36-16-12-31-33-28;;/h5-10,13-14H,1-4,11-12,15-18,20H2,(H,29,30);2*1H. The number of anilines is 1. The van der Waals surface area contributed by atoms with Crippen molar-refractivity contribution in [3.63, 3.8) is 0 Å². The summed E-state index contributed by atoms with van der Waals surface area (Å²) >= 11 is 5.86. The van der Waals surface area contributed by atoms with Crippen molar-refractivity contribution < 1.29 is 40.7 Å². The second-order valence-electron chi connectivity index (χ2n) is 7.85. The molecule has 0 fully saturated rings. The van der Waals surface area contributed by atoms with Gasteiger partial charge in [-0.05, 0) is 49.1 Å². The zero-order chi connectivity index (χ0) is 28.0. The number of nitrogens with zero attached hydrogens (tertiary/aromatic N) is 6. The van der Waals surface area contributed by atoms with Crippen molar-refractivity contribution in [2.45, 2.75) is 32.4 Å². The van der Waals surface area contributed by atoms with E-state index in [-0.39, 0.29) is 57.9 Å². The normalized spacial score (nSPS) is 10.1. The number of carbonyl (C=O) groups is 1. The minimum absolute atomic E-state index is 0. The van der Waals surface area contributed by atoms with Crippen LogP contribution in [0.2, 0.25) is 5.02 Å². The maximum absolute atomic E-state index is 11.6. The van der Waals surface area contributed by atoms with Crippen LogP contribution in [0.1, 0.15) is 25.7 Å². The lowest BCUT2D eigenvalue weighted by molar-refractivity contribution is -0.727. The molecule has 0 bridgehead atoms. The van der Waals surface area contributed by atoms with Gasteiger partial charge in [0.25, 0.3) is 6.73 Å². The molecular formula is C25H33Cl3N8O5. The zero-order valence-corrected chi connectivity index (χ0v) is 24.6. The first kappa shape index (κ1) is 37.3. The number of carbonyl (C=O) groups excluding carboxylic acids is 1. The molecule has 2 N–H and O–H groups in total. The van der Waals surface area contributed by atoms with Gasteiger partial charge in [-0.15, -0.1) is 12.4 Å². The van der Waals surface area contributed by atoms with Crippen LogP contribution in [0.5, 0.6) is 5.75 Å². The van der Waals surface area contributed by atoms with Crippen LogP contribution in [0.15, 0.2) is 58.9 Å². The molecule has 0 aliphatic heterocycles. The van der Waals surface area contributed by atoms with E-state index in [0.717, 1.165) is 31.4 Å². The van der Waals surface area contributed by atoms with Crippen molar-refractivity contribution >= 4 is 41.8 Å². The summed E-state index contributed by atoms with van der Waals surface area (Å²) in [4.78, 5) is 18.7. The Morgan fingerprint density at radius 3 is 2.44 bits per heavy atom. The van der Waals surface area contributed by atoms with E-state index in [1.165, 1.54) is 0 Å². The number of hydrogen-bond donors (Lipinski definition) is 2. The SMILES string of the molecule is Cl.N#CNC(=NCCCCCCOc1ccc(Cl)cc1)Nc1cc[n+](COC(=O)OCCOCCN=[N+]=[N-])cc1.[Cl-]. The average molecular weight is 632 g/mol. The first-order valence-corrected chi connectivity index (χ1v) is 12.7. The minimum Gasteiger partial charge on any atom is -1.00 e.